The number of hydrogen-bond acceptors (Lipinski definition) is 2. The average molecular weight is 245 g/mol. The minimum absolute atomic E-state index is 0.273. The van der Waals surface area contributed by atoms with E-state index in [-0.39, 0.29) is 5.24 Å². The van der Waals surface area contributed by atoms with Crippen LogP contribution in [0.2, 0.25) is 0 Å². The molecule has 0 aliphatic heterocycles. The standard InChI is InChI=1S/C12H17ClOS/c1-7(2)10-5-9(6-11(13)14)12(15-10)8(3)4/h5,7-8H,6H2,1-4H3. The first-order chi connectivity index (χ1) is 6.91. The minimum atomic E-state index is -0.273. The minimum Gasteiger partial charge on any atom is -0.281 e. The van der Waals surface area contributed by atoms with Crippen LogP contribution in [0.4, 0.5) is 0 Å². The summed E-state index contributed by atoms with van der Waals surface area (Å²) < 4.78 is 0. The van der Waals surface area contributed by atoms with E-state index in [4.69, 9.17) is 11.6 Å². The van der Waals surface area contributed by atoms with E-state index < -0.39 is 0 Å². The van der Waals surface area contributed by atoms with E-state index in [1.807, 2.05) is 0 Å². The predicted octanol–water partition coefficient (Wildman–Crippen LogP) is 4.30. The maximum atomic E-state index is 10.9. The summed E-state index contributed by atoms with van der Waals surface area (Å²) in [5.74, 6) is 0.986. The Balaban J connectivity index is 3.05. The lowest BCUT2D eigenvalue weighted by Gasteiger charge is -2.04. The molecule has 1 heterocycles. The maximum absolute atomic E-state index is 10.9. The van der Waals surface area contributed by atoms with Gasteiger partial charge in [0.2, 0.25) is 5.24 Å². The molecule has 0 bridgehead atoms. The molecule has 0 unspecified atom stereocenters. The summed E-state index contributed by atoms with van der Waals surface area (Å²) in [6.45, 7) is 8.64. The van der Waals surface area contributed by atoms with Crippen molar-refractivity contribution in [2.45, 2.75) is 46.0 Å². The topological polar surface area (TPSA) is 17.1 Å². The highest BCUT2D eigenvalue weighted by Crippen LogP contribution is 2.33. The first-order valence-electron chi connectivity index (χ1n) is 5.22. The van der Waals surface area contributed by atoms with Crippen LogP contribution < -0.4 is 0 Å². The Morgan fingerprint density at radius 3 is 2.33 bits per heavy atom. The quantitative estimate of drug-likeness (QED) is 0.722. The molecule has 0 atom stereocenters. The molecule has 0 spiro atoms. The smallest absolute Gasteiger partial charge is 0.226 e. The number of carbonyl (C=O) groups is 1. The van der Waals surface area contributed by atoms with Crippen molar-refractivity contribution in [2.75, 3.05) is 0 Å². The molecule has 0 saturated carbocycles. The van der Waals surface area contributed by atoms with Gasteiger partial charge < -0.3 is 0 Å². The fourth-order valence-corrected chi connectivity index (χ4v) is 2.86. The lowest BCUT2D eigenvalue weighted by atomic mass is 10.0. The zero-order chi connectivity index (χ0) is 11.6. The van der Waals surface area contributed by atoms with Gasteiger partial charge in [-0.25, -0.2) is 0 Å². The highest BCUT2D eigenvalue weighted by molar-refractivity contribution is 7.12. The summed E-state index contributed by atoms with van der Waals surface area (Å²) in [6.07, 6.45) is 0.359. The van der Waals surface area contributed by atoms with Crippen molar-refractivity contribution in [2.24, 2.45) is 0 Å². The number of carbonyl (C=O) groups excluding carboxylic acids is 1. The van der Waals surface area contributed by atoms with Crippen LogP contribution >= 0.6 is 22.9 Å². The summed E-state index contributed by atoms with van der Waals surface area (Å²) in [4.78, 5) is 13.6. The summed E-state index contributed by atoms with van der Waals surface area (Å²) >= 11 is 7.25. The van der Waals surface area contributed by atoms with Gasteiger partial charge in [-0.1, -0.05) is 27.7 Å². The Kier molecular flexibility index (Phi) is 4.35. The molecule has 15 heavy (non-hydrogen) atoms. The second kappa shape index (κ2) is 5.13. The molecule has 0 N–H and O–H groups in total. The summed E-state index contributed by atoms with van der Waals surface area (Å²) in [7, 11) is 0. The van der Waals surface area contributed by atoms with Crippen LogP contribution in [0.5, 0.6) is 0 Å². The van der Waals surface area contributed by atoms with Crippen molar-refractivity contribution in [3.8, 4) is 0 Å². The monoisotopic (exact) mass is 244 g/mol. The van der Waals surface area contributed by atoms with Crippen molar-refractivity contribution >= 4 is 28.2 Å². The van der Waals surface area contributed by atoms with Gasteiger partial charge in [0.1, 0.15) is 0 Å². The van der Waals surface area contributed by atoms with E-state index >= 15 is 0 Å². The van der Waals surface area contributed by atoms with E-state index in [1.165, 1.54) is 9.75 Å². The van der Waals surface area contributed by atoms with Crippen molar-refractivity contribution in [1.82, 2.24) is 0 Å². The SMILES string of the molecule is CC(C)c1cc(CC(=O)Cl)c(C(C)C)s1. The third-order valence-electron chi connectivity index (χ3n) is 2.28. The fraction of sp³-hybridized carbons (Fsp3) is 0.583. The third kappa shape index (κ3) is 3.32. The second-order valence-corrected chi connectivity index (χ2v) is 5.92. The van der Waals surface area contributed by atoms with Gasteiger partial charge in [-0.15, -0.1) is 11.3 Å². The van der Waals surface area contributed by atoms with Crippen molar-refractivity contribution in [3.05, 3.63) is 21.4 Å². The highest BCUT2D eigenvalue weighted by Gasteiger charge is 2.15. The van der Waals surface area contributed by atoms with Crippen LogP contribution in [-0.4, -0.2) is 5.24 Å². The summed E-state index contributed by atoms with van der Waals surface area (Å²) in [6, 6.07) is 2.13. The molecule has 1 aromatic heterocycles. The molecule has 1 aromatic rings. The number of rotatable bonds is 4. The molecule has 0 aliphatic carbocycles. The Bertz CT molecular complexity index is 353. The first kappa shape index (κ1) is 12.7. The summed E-state index contributed by atoms with van der Waals surface area (Å²) in [5, 5.41) is -0.273. The fourth-order valence-electron chi connectivity index (χ4n) is 1.53. The van der Waals surface area contributed by atoms with Crippen LogP contribution in [0.1, 0.15) is 54.8 Å². The molecule has 0 amide bonds. The molecule has 0 radical (unpaired) electrons. The molecule has 0 aliphatic rings. The number of hydrogen-bond donors (Lipinski definition) is 0. The van der Waals surface area contributed by atoms with Crippen molar-refractivity contribution in [1.29, 1.82) is 0 Å². The maximum Gasteiger partial charge on any atom is 0.226 e. The number of halogens is 1. The molecule has 0 fully saturated rings. The Morgan fingerprint density at radius 2 is 1.93 bits per heavy atom. The van der Waals surface area contributed by atoms with Crippen LogP contribution in [0.15, 0.2) is 6.07 Å². The third-order valence-corrected chi connectivity index (χ3v) is 4.20. The normalized spacial score (nSPS) is 11.4. The van der Waals surface area contributed by atoms with Crippen LogP contribution in [-0.2, 0) is 11.2 Å². The van der Waals surface area contributed by atoms with Gasteiger partial charge in [-0.05, 0) is 35.1 Å². The van der Waals surface area contributed by atoms with E-state index in [0.29, 0.717) is 18.3 Å². The lowest BCUT2D eigenvalue weighted by molar-refractivity contribution is -0.111. The summed E-state index contributed by atoms with van der Waals surface area (Å²) in [5.41, 5.74) is 1.11. The Labute approximate surface area is 100 Å². The lowest BCUT2D eigenvalue weighted by Crippen LogP contribution is -1.96. The largest absolute Gasteiger partial charge is 0.281 e. The highest BCUT2D eigenvalue weighted by atomic mass is 35.5. The van der Waals surface area contributed by atoms with Crippen molar-refractivity contribution < 1.29 is 4.79 Å². The first-order valence-corrected chi connectivity index (χ1v) is 6.42. The van der Waals surface area contributed by atoms with Gasteiger partial charge in [-0.3, -0.25) is 4.79 Å². The van der Waals surface area contributed by atoms with Crippen molar-refractivity contribution in [3.63, 3.8) is 0 Å². The molecular weight excluding hydrogens is 228 g/mol. The van der Waals surface area contributed by atoms with Crippen LogP contribution in [0.3, 0.4) is 0 Å². The molecule has 1 nitrogen and oxygen atoms in total. The van der Waals surface area contributed by atoms with Gasteiger partial charge in [0.05, 0.1) is 0 Å². The van der Waals surface area contributed by atoms with Gasteiger partial charge in [-0.2, -0.15) is 0 Å². The molecule has 1 rings (SSSR count). The van der Waals surface area contributed by atoms with E-state index in [1.54, 1.807) is 11.3 Å². The van der Waals surface area contributed by atoms with E-state index in [0.717, 1.165) is 5.56 Å². The van der Waals surface area contributed by atoms with Gasteiger partial charge in [0.25, 0.3) is 0 Å². The second-order valence-electron chi connectivity index (χ2n) is 4.38. The van der Waals surface area contributed by atoms with Gasteiger partial charge in [0, 0.05) is 16.2 Å². The van der Waals surface area contributed by atoms with E-state index in [9.17, 15) is 4.79 Å². The molecule has 0 saturated heterocycles. The molecular formula is C12H17ClOS. The zero-order valence-electron chi connectivity index (χ0n) is 9.63. The van der Waals surface area contributed by atoms with Gasteiger partial charge >= 0.3 is 0 Å². The Morgan fingerprint density at radius 1 is 1.33 bits per heavy atom. The van der Waals surface area contributed by atoms with Crippen LogP contribution in [0, 0.1) is 0 Å². The molecule has 84 valence electrons. The molecule has 0 aromatic carbocycles. The number of thiophene rings is 1. The van der Waals surface area contributed by atoms with Crippen LogP contribution in [0.25, 0.3) is 0 Å². The van der Waals surface area contributed by atoms with Gasteiger partial charge in [0.15, 0.2) is 0 Å². The molecule has 3 heteroatoms. The predicted molar refractivity (Wildman–Crippen MR) is 67.1 cm³/mol. The van der Waals surface area contributed by atoms with E-state index in [2.05, 4.69) is 33.8 Å². The zero-order valence-corrected chi connectivity index (χ0v) is 11.2. The average Bonchev–Trinajstić information content (AvgIpc) is 2.46. The Hall–Kier alpha value is -0.340.